The van der Waals surface area contributed by atoms with Crippen LogP contribution < -0.4 is 0 Å². The molecule has 0 radical (unpaired) electrons. The van der Waals surface area contributed by atoms with Gasteiger partial charge >= 0.3 is 0 Å². The van der Waals surface area contributed by atoms with Gasteiger partial charge in [0.2, 0.25) is 0 Å². The molecule has 0 spiro atoms. The van der Waals surface area contributed by atoms with E-state index in [-0.39, 0.29) is 5.41 Å². The summed E-state index contributed by atoms with van der Waals surface area (Å²) in [5, 5.41) is 0. The highest BCUT2D eigenvalue weighted by Crippen LogP contribution is 2.38. The highest BCUT2D eigenvalue weighted by atomic mass is 14.3. The highest BCUT2D eigenvalue weighted by Gasteiger charge is 2.29. The van der Waals surface area contributed by atoms with E-state index in [2.05, 4.69) is 87.6 Å². The standard InChI is InChI=1S/C18H22/c1-15(12-13-16-9-5-4-6-10-16)17-11-7-8-14-18(17,2)3/h4-15,17H,1-3H3. The number of allylic oxidation sites excluding steroid dienone is 5. The number of hydrogen-bond donors (Lipinski definition) is 0. The summed E-state index contributed by atoms with van der Waals surface area (Å²) >= 11 is 0. The van der Waals surface area contributed by atoms with Crippen LogP contribution in [0.2, 0.25) is 0 Å². The monoisotopic (exact) mass is 238 g/mol. The lowest BCUT2D eigenvalue weighted by Crippen LogP contribution is -2.26. The van der Waals surface area contributed by atoms with E-state index in [1.807, 2.05) is 0 Å². The van der Waals surface area contributed by atoms with Gasteiger partial charge in [-0.25, -0.2) is 0 Å². The Morgan fingerprint density at radius 3 is 2.50 bits per heavy atom. The first-order valence-corrected chi connectivity index (χ1v) is 6.69. The lowest BCUT2D eigenvalue weighted by Gasteiger charge is -2.34. The molecule has 0 heteroatoms. The molecule has 0 aliphatic heterocycles. The molecular weight excluding hydrogens is 216 g/mol. The van der Waals surface area contributed by atoms with Gasteiger partial charge in [-0.15, -0.1) is 0 Å². The summed E-state index contributed by atoms with van der Waals surface area (Å²) in [6, 6.07) is 10.5. The van der Waals surface area contributed by atoms with Gasteiger partial charge in [-0.2, -0.15) is 0 Å². The van der Waals surface area contributed by atoms with Gasteiger partial charge in [0, 0.05) is 0 Å². The van der Waals surface area contributed by atoms with Crippen molar-refractivity contribution >= 4 is 6.08 Å². The molecule has 0 amide bonds. The van der Waals surface area contributed by atoms with Gasteiger partial charge in [0.25, 0.3) is 0 Å². The van der Waals surface area contributed by atoms with E-state index in [1.54, 1.807) is 0 Å². The maximum Gasteiger partial charge on any atom is -0.00839 e. The van der Waals surface area contributed by atoms with E-state index in [0.29, 0.717) is 11.8 Å². The van der Waals surface area contributed by atoms with Crippen molar-refractivity contribution in [2.24, 2.45) is 17.3 Å². The summed E-state index contributed by atoms with van der Waals surface area (Å²) in [6.45, 7) is 6.92. The van der Waals surface area contributed by atoms with Crippen LogP contribution in [-0.2, 0) is 0 Å². The summed E-state index contributed by atoms with van der Waals surface area (Å²) in [6.07, 6.45) is 13.5. The van der Waals surface area contributed by atoms with Gasteiger partial charge in [-0.3, -0.25) is 0 Å². The molecule has 1 aliphatic rings. The third-order valence-electron chi connectivity index (χ3n) is 3.77. The average Bonchev–Trinajstić information content (AvgIpc) is 2.37. The normalized spacial score (nSPS) is 23.4. The molecule has 2 atom stereocenters. The Morgan fingerprint density at radius 2 is 1.83 bits per heavy atom. The minimum absolute atomic E-state index is 0.245. The largest absolute Gasteiger partial charge is 0.0805 e. The van der Waals surface area contributed by atoms with E-state index in [0.717, 1.165) is 0 Å². The molecule has 0 bridgehead atoms. The van der Waals surface area contributed by atoms with E-state index in [4.69, 9.17) is 0 Å². The van der Waals surface area contributed by atoms with Crippen LogP contribution in [0.25, 0.3) is 6.08 Å². The first kappa shape index (κ1) is 12.9. The minimum Gasteiger partial charge on any atom is -0.0805 e. The minimum atomic E-state index is 0.245. The molecule has 18 heavy (non-hydrogen) atoms. The third kappa shape index (κ3) is 3.01. The zero-order chi connectivity index (χ0) is 13.0. The molecule has 0 N–H and O–H groups in total. The Labute approximate surface area is 111 Å². The van der Waals surface area contributed by atoms with E-state index >= 15 is 0 Å². The van der Waals surface area contributed by atoms with E-state index in [9.17, 15) is 0 Å². The Kier molecular flexibility index (Phi) is 3.86. The summed E-state index contributed by atoms with van der Waals surface area (Å²) < 4.78 is 0. The molecule has 2 unspecified atom stereocenters. The fourth-order valence-corrected chi connectivity index (χ4v) is 2.65. The summed E-state index contributed by atoms with van der Waals surface area (Å²) in [4.78, 5) is 0. The number of benzene rings is 1. The topological polar surface area (TPSA) is 0 Å². The first-order valence-electron chi connectivity index (χ1n) is 6.69. The third-order valence-corrected chi connectivity index (χ3v) is 3.77. The van der Waals surface area contributed by atoms with Crippen molar-refractivity contribution in [1.82, 2.24) is 0 Å². The van der Waals surface area contributed by atoms with E-state index in [1.165, 1.54) is 5.56 Å². The second-order valence-corrected chi connectivity index (χ2v) is 5.72. The van der Waals surface area contributed by atoms with Crippen LogP contribution in [0.1, 0.15) is 26.3 Å². The molecule has 1 aromatic carbocycles. The quantitative estimate of drug-likeness (QED) is 0.687. The molecule has 1 aliphatic carbocycles. The average molecular weight is 238 g/mol. The SMILES string of the molecule is CC(C=Cc1ccccc1)C1C=CC=CC1(C)C. The Morgan fingerprint density at radius 1 is 1.11 bits per heavy atom. The van der Waals surface area contributed by atoms with Crippen molar-refractivity contribution in [1.29, 1.82) is 0 Å². The fourth-order valence-electron chi connectivity index (χ4n) is 2.65. The molecule has 0 saturated carbocycles. The Bertz CT molecular complexity index is 460. The van der Waals surface area contributed by atoms with Crippen molar-refractivity contribution in [3.05, 3.63) is 66.3 Å². The predicted octanol–water partition coefficient (Wildman–Crippen LogP) is 5.10. The summed E-state index contributed by atoms with van der Waals surface area (Å²) in [7, 11) is 0. The van der Waals surface area contributed by atoms with Gasteiger partial charge in [0.05, 0.1) is 0 Å². The highest BCUT2D eigenvalue weighted by molar-refractivity contribution is 5.49. The molecule has 94 valence electrons. The van der Waals surface area contributed by atoms with E-state index < -0.39 is 0 Å². The molecule has 1 aromatic rings. The van der Waals surface area contributed by atoms with Crippen molar-refractivity contribution in [2.75, 3.05) is 0 Å². The molecule has 0 aromatic heterocycles. The molecular formula is C18H22. The van der Waals surface area contributed by atoms with Crippen molar-refractivity contribution in [3.8, 4) is 0 Å². The summed E-state index contributed by atoms with van der Waals surface area (Å²) in [5.41, 5.74) is 1.52. The number of hydrogen-bond acceptors (Lipinski definition) is 0. The fraction of sp³-hybridized carbons (Fsp3) is 0.333. The Balaban J connectivity index is 2.09. The van der Waals surface area contributed by atoms with Crippen molar-refractivity contribution in [2.45, 2.75) is 20.8 Å². The predicted molar refractivity (Wildman–Crippen MR) is 80.2 cm³/mol. The van der Waals surface area contributed by atoms with Gasteiger partial charge in [0.1, 0.15) is 0 Å². The Hall–Kier alpha value is -1.56. The van der Waals surface area contributed by atoms with Crippen LogP contribution in [-0.4, -0.2) is 0 Å². The van der Waals surface area contributed by atoms with Gasteiger partial charge in [-0.05, 0) is 22.8 Å². The first-order chi connectivity index (χ1) is 8.59. The molecule has 0 heterocycles. The van der Waals surface area contributed by atoms with Crippen LogP contribution in [0.15, 0.2) is 60.7 Å². The molecule has 0 saturated heterocycles. The van der Waals surface area contributed by atoms with Crippen LogP contribution in [0, 0.1) is 17.3 Å². The zero-order valence-electron chi connectivity index (χ0n) is 11.5. The van der Waals surface area contributed by atoms with Crippen LogP contribution in [0.5, 0.6) is 0 Å². The molecule has 2 rings (SSSR count). The molecule has 0 nitrogen and oxygen atoms in total. The maximum atomic E-state index is 2.33. The lowest BCUT2D eigenvalue weighted by atomic mass is 9.70. The van der Waals surface area contributed by atoms with Crippen molar-refractivity contribution < 1.29 is 0 Å². The van der Waals surface area contributed by atoms with Crippen LogP contribution >= 0.6 is 0 Å². The smallest absolute Gasteiger partial charge is 0.00839 e. The number of rotatable bonds is 3. The van der Waals surface area contributed by atoms with Gasteiger partial charge in [-0.1, -0.05) is 87.6 Å². The molecule has 0 fully saturated rings. The maximum absolute atomic E-state index is 2.33. The van der Waals surface area contributed by atoms with Crippen LogP contribution in [0.4, 0.5) is 0 Å². The summed E-state index contributed by atoms with van der Waals surface area (Å²) in [5.74, 6) is 1.11. The van der Waals surface area contributed by atoms with Crippen LogP contribution in [0.3, 0.4) is 0 Å². The lowest BCUT2D eigenvalue weighted by molar-refractivity contribution is 0.284. The zero-order valence-corrected chi connectivity index (χ0v) is 11.5. The second-order valence-electron chi connectivity index (χ2n) is 5.72. The van der Waals surface area contributed by atoms with Gasteiger partial charge in [0.15, 0.2) is 0 Å². The second kappa shape index (κ2) is 5.39. The van der Waals surface area contributed by atoms with Gasteiger partial charge < -0.3 is 0 Å². The van der Waals surface area contributed by atoms with Crippen molar-refractivity contribution in [3.63, 3.8) is 0 Å².